The molecule has 128 valence electrons. The van der Waals surface area contributed by atoms with Crippen LogP contribution in [0, 0.1) is 13.8 Å². The number of aryl methyl sites for hydroxylation is 2. The van der Waals surface area contributed by atoms with Crippen LogP contribution in [0.4, 0.5) is 0 Å². The van der Waals surface area contributed by atoms with Crippen molar-refractivity contribution in [3.05, 3.63) is 47.3 Å². The van der Waals surface area contributed by atoms with E-state index in [1.165, 1.54) is 7.11 Å². The number of nitrogens with one attached hydrogen (secondary N) is 1. The highest BCUT2D eigenvalue weighted by Gasteiger charge is 2.19. The fraction of sp³-hybridized carbons (Fsp3) is 0.176. The van der Waals surface area contributed by atoms with Gasteiger partial charge in [-0.05, 0) is 43.2 Å². The standard InChI is InChI=1S/C17H17N4O3P/c1-9-8-11(24-15-14(17(22)23-3)19-21-20-15)5-7-12(9)13-6-4-10(2)18-16(13)25/h4-8H,25H2,1-3H3,(H,19,20,21). The normalized spacial score (nSPS) is 10.6. The number of nitrogens with zero attached hydrogens (tertiary/aromatic N) is 3. The van der Waals surface area contributed by atoms with Gasteiger partial charge in [0.25, 0.3) is 5.88 Å². The number of rotatable bonds is 4. The van der Waals surface area contributed by atoms with Crippen LogP contribution in [0.1, 0.15) is 21.7 Å². The van der Waals surface area contributed by atoms with E-state index in [-0.39, 0.29) is 11.6 Å². The Hall–Kier alpha value is -2.79. The van der Waals surface area contributed by atoms with Crippen LogP contribution < -0.4 is 10.2 Å². The topological polar surface area (TPSA) is 90.0 Å². The van der Waals surface area contributed by atoms with E-state index in [0.717, 1.165) is 27.8 Å². The van der Waals surface area contributed by atoms with Crippen LogP contribution in [0.2, 0.25) is 0 Å². The molecule has 0 amide bonds. The first-order valence-corrected chi connectivity index (χ1v) is 8.08. The molecule has 8 heteroatoms. The second-order valence-corrected chi connectivity index (χ2v) is 5.99. The Bertz CT molecular complexity index is 939. The summed E-state index contributed by atoms with van der Waals surface area (Å²) in [6.45, 7) is 3.94. The van der Waals surface area contributed by atoms with E-state index in [0.29, 0.717) is 5.75 Å². The maximum atomic E-state index is 11.6. The molecule has 1 atom stereocenters. The van der Waals surface area contributed by atoms with Gasteiger partial charge >= 0.3 is 5.97 Å². The summed E-state index contributed by atoms with van der Waals surface area (Å²) in [4.78, 5) is 16.1. The Morgan fingerprint density at radius 1 is 1.16 bits per heavy atom. The molecule has 0 fully saturated rings. The predicted octanol–water partition coefficient (Wildman–Crippen LogP) is 2.56. The fourth-order valence-corrected chi connectivity index (χ4v) is 2.90. The zero-order valence-electron chi connectivity index (χ0n) is 14.0. The van der Waals surface area contributed by atoms with E-state index in [1.807, 2.05) is 44.2 Å². The van der Waals surface area contributed by atoms with Gasteiger partial charge in [0.2, 0.25) is 5.69 Å². The van der Waals surface area contributed by atoms with Crippen LogP contribution in [-0.4, -0.2) is 33.5 Å². The minimum Gasteiger partial charge on any atom is -0.464 e. The van der Waals surface area contributed by atoms with Gasteiger partial charge in [0.1, 0.15) is 5.75 Å². The molecule has 7 nitrogen and oxygen atoms in total. The lowest BCUT2D eigenvalue weighted by Crippen LogP contribution is -2.05. The molecule has 1 aromatic carbocycles. The zero-order chi connectivity index (χ0) is 18.0. The largest absolute Gasteiger partial charge is 0.464 e. The number of H-pyrrole nitrogens is 1. The first kappa shape index (κ1) is 17.0. The Balaban J connectivity index is 1.90. The van der Waals surface area contributed by atoms with Crippen LogP contribution in [0.3, 0.4) is 0 Å². The van der Waals surface area contributed by atoms with Gasteiger partial charge in [-0.2, -0.15) is 0 Å². The predicted molar refractivity (Wildman–Crippen MR) is 96.3 cm³/mol. The average Bonchev–Trinajstić information content (AvgIpc) is 3.03. The lowest BCUT2D eigenvalue weighted by atomic mass is 10.0. The molecule has 0 aliphatic rings. The summed E-state index contributed by atoms with van der Waals surface area (Å²) in [6, 6.07) is 9.66. The first-order valence-electron chi connectivity index (χ1n) is 7.51. The van der Waals surface area contributed by atoms with Gasteiger partial charge in [-0.15, -0.1) is 5.10 Å². The molecular weight excluding hydrogens is 339 g/mol. The lowest BCUT2D eigenvalue weighted by Gasteiger charge is -2.11. The maximum Gasteiger partial charge on any atom is 0.364 e. The maximum absolute atomic E-state index is 11.6. The zero-order valence-corrected chi connectivity index (χ0v) is 15.2. The van der Waals surface area contributed by atoms with Gasteiger partial charge < -0.3 is 9.47 Å². The number of pyridine rings is 1. The number of benzene rings is 1. The Morgan fingerprint density at radius 2 is 1.92 bits per heavy atom. The molecule has 1 N–H and O–H groups in total. The minimum atomic E-state index is -0.615. The average molecular weight is 356 g/mol. The van der Waals surface area contributed by atoms with Gasteiger partial charge in [-0.1, -0.05) is 26.6 Å². The van der Waals surface area contributed by atoms with Crippen molar-refractivity contribution >= 4 is 20.6 Å². The fourth-order valence-electron chi connectivity index (χ4n) is 2.44. The number of hydrogen-bond donors (Lipinski definition) is 1. The number of hydrogen-bond acceptors (Lipinski definition) is 6. The van der Waals surface area contributed by atoms with E-state index >= 15 is 0 Å². The van der Waals surface area contributed by atoms with Crippen LogP contribution in [0.5, 0.6) is 11.6 Å². The summed E-state index contributed by atoms with van der Waals surface area (Å²) in [5.41, 5.74) is 4.97. The number of carbonyl (C=O) groups is 1. The summed E-state index contributed by atoms with van der Waals surface area (Å²) < 4.78 is 10.3. The van der Waals surface area contributed by atoms with Crippen LogP contribution in [-0.2, 0) is 4.74 Å². The van der Waals surface area contributed by atoms with E-state index < -0.39 is 5.97 Å². The minimum absolute atomic E-state index is 0.000733. The quantitative estimate of drug-likeness (QED) is 0.571. The molecule has 3 aromatic rings. The molecule has 3 rings (SSSR count). The van der Waals surface area contributed by atoms with Gasteiger partial charge in [-0.25, -0.2) is 9.89 Å². The van der Waals surface area contributed by atoms with Crippen molar-refractivity contribution in [1.82, 2.24) is 20.4 Å². The molecule has 0 aliphatic carbocycles. The van der Waals surface area contributed by atoms with Crippen molar-refractivity contribution in [1.29, 1.82) is 0 Å². The van der Waals surface area contributed by atoms with E-state index in [9.17, 15) is 4.79 Å². The molecule has 2 aromatic heterocycles. The van der Waals surface area contributed by atoms with Crippen LogP contribution >= 0.6 is 9.24 Å². The SMILES string of the molecule is COC(=O)c1nn[nH]c1Oc1ccc(-c2ccc(C)nc2P)c(C)c1. The highest BCUT2D eigenvalue weighted by Crippen LogP contribution is 2.29. The van der Waals surface area contributed by atoms with E-state index in [2.05, 4.69) is 34.4 Å². The van der Waals surface area contributed by atoms with Crippen molar-refractivity contribution in [2.45, 2.75) is 13.8 Å². The van der Waals surface area contributed by atoms with Gasteiger partial charge in [-0.3, -0.25) is 4.98 Å². The smallest absolute Gasteiger partial charge is 0.364 e. The van der Waals surface area contributed by atoms with Crippen molar-refractivity contribution < 1.29 is 14.3 Å². The molecule has 0 aliphatic heterocycles. The third kappa shape index (κ3) is 3.51. The summed E-state index contributed by atoms with van der Waals surface area (Å²) in [5.74, 6) is 0.0843. The number of aromatic amines is 1. The molecule has 2 heterocycles. The third-order valence-corrected chi connectivity index (χ3v) is 4.11. The summed E-state index contributed by atoms with van der Waals surface area (Å²) >= 11 is 0. The summed E-state index contributed by atoms with van der Waals surface area (Å²) in [5, 5.41) is 9.81. The number of esters is 1. The van der Waals surface area contributed by atoms with Crippen LogP contribution in [0.15, 0.2) is 30.3 Å². The summed E-state index contributed by atoms with van der Waals surface area (Å²) in [6.07, 6.45) is 0. The second kappa shape index (κ2) is 6.99. The number of carbonyl (C=O) groups excluding carboxylic acids is 1. The van der Waals surface area contributed by atoms with E-state index in [4.69, 9.17) is 4.74 Å². The Kier molecular flexibility index (Phi) is 4.76. The number of aromatic nitrogens is 4. The first-order chi connectivity index (χ1) is 12.0. The second-order valence-electron chi connectivity index (χ2n) is 5.45. The van der Waals surface area contributed by atoms with Crippen molar-refractivity contribution in [3.8, 4) is 22.8 Å². The van der Waals surface area contributed by atoms with Crippen molar-refractivity contribution in [2.75, 3.05) is 7.11 Å². The molecule has 0 saturated carbocycles. The Morgan fingerprint density at radius 3 is 2.60 bits per heavy atom. The highest BCUT2D eigenvalue weighted by atomic mass is 31.0. The molecule has 1 unspecified atom stereocenters. The Labute approximate surface area is 147 Å². The highest BCUT2D eigenvalue weighted by molar-refractivity contribution is 7.27. The number of ether oxygens (including phenoxy) is 2. The summed E-state index contributed by atoms with van der Waals surface area (Å²) in [7, 11) is 3.94. The molecule has 0 radical (unpaired) electrons. The van der Waals surface area contributed by atoms with Crippen molar-refractivity contribution in [2.24, 2.45) is 0 Å². The molecule has 25 heavy (non-hydrogen) atoms. The molecule has 0 spiro atoms. The molecule has 0 saturated heterocycles. The lowest BCUT2D eigenvalue weighted by molar-refractivity contribution is 0.0591. The van der Waals surface area contributed by atoms with Gasteiger partial charge in [0, 0.05) is 11.3 Å². The number of methoxy groups -OCH3 is 1. The molecule has 0 bridgehead atoms. The van der Waals surface area contributed by atoms with E-state index in [1.54, 1.807) is 0 Å². The van der Waals surface area contributed by atoms with Gasteiger partial charge in [0.05, 0.1) is 12.5 Å². The van der Waals surface area contributed by atoms with Gasteiger partial charge in [0.15, 0.2) is 0 Å². The third-order valence-electron chi connectivity index (χ3n) is 3.67. The molecular formula is C17H17N4O3P. The van der Waals surface area contributed by atoms with Crippen LogP contribution in [0.25, 0.3) is 11.1 Å². The van der Waals surface area contributed by atoms with Crippen molar-refractivity contribution in [3.63, 3.8) is 0 Å². The monoisotopic (exact) mass is 356 g/mol.